The fraction of sp³-hybridized carbons (Fsp3) is 0.556. The molecular formula is C18H28O4Si. The molecule has 0 atom stereocenters. The van der Waals surface area contributed by atoms with Gasteiger partial charge in [0.1, 0.15) is 11.5 Å². The van der Waals surface area contributed by atoms with E-state index in [0.717, 1.165) is 10.8 Å². The average molecular weight is 337 g/mol. The SMILES string of the molecule is CCc1c(OC(C)=O)ccc(OC(C)=O)c1[Si](C)(C)C(C)(C)C. The quantitative estimate of drug-likeness (QED) is 0.476. The maximum Gasteiger partial charge on any atom is 0.308 e. The Morgan fingerprint density at radius 1 is 1.00 bits per heavy atom. The normalized spacial score (nSPS) is 12.0. The second-order valence-electron chi connectivity index (χ2n) is 7.33. The number of carbonyl (C=O) groups excluding carboxylic acids is 2. The van der Waals surface area contributed by atoms with Crippen molar-refractivity contribution >= 4 is 25.2 Å². The largest absolute Gasteiger partial charge is 0.427 e. The van der Waals surface area contributed by atoms with Crippen molar-refractivity contribution < 1.29 is 19.1 Å². The number of esters is 2. The van der Waals surface area contributed by atoms with Crippen molar-refractivity contribution in [1.29, 1.82) is 0 Å². The van der Waals surface area contributed by atoms with E-state index in [0.29, 0.717) is 17.9 Å². The van der Waals surface area contributed by atoms with E-state index in [2.05, 4.69) is 33.9 Å². The topological polar surface area (TPSA) is 52.6 Å². The molecule has 0 aliphatic heterocycles. The first-order valence-corrected chi connectivity index (χ1v) is 10.9. The van der Waals surface area contributed by atoms with Gasteiger partial charge in [-0.15, -0.1) is 0 Å². The fourth-order valence-corrected chi connectivity index (χ4v) is 5.06. The summed E-state index contributed by atoms with van der Waals surface area (Å²) in [7, 11) is -2.01. The van der Waals surface area contributed by atoms with Gasteiger partial charge in [-0.05, 0) is 34.3 Å². The molecule has 0 aliphatic carbocycles. The maximum absolute atomic E-state index is 11.5. The van der Waals surface area contributed by atoms with Crippen molar-refractivity contribution in [3.05, 3.63) is 17.7 Å². The molecule has 0 N–H and O–H groups in total. The molecule has 23 heavy (non-hydrogen) atoms. The first-order valence-electron chi connectivity index (χ1n) is 7.95. The minimum atomic E-state index is -2.01. The van der Waals surface area contributed by atoms with Crippen LogP contribution in [0.5, 0.6) is 11.5 Å². The summed E-state index contributed by atoms with van der Waals surface area (Å²) >= 11 is 0. The van der Waals surface area contributed by atoms with Gasteiger partial charge in [-0.1, -0.05) is 40.8 Å². The van der Waals surface area contributed by atoms with Crippen LogP contribution in [-0.4, -0.2) is 20.0 Å². The van der Waals surface area contributed by atoms with Crippen LogP contribution in [0.1, 0.15) is 47.1 Å². The van der Waals surface area contributed by atoms with Gasteiger partial charge in [0, 0.05) is 13.8 Å². The van der Waals surface area contributed by atoms with E-state index in [1.165, 1.54) is 13.8 Å². The minimum absolute atomic E-state index is 0.0562. The van der Waals surface area contributed by atoms with Crippen LogP contribution >= 0.6 is 0 Å². The molecule has 0 saturated carbocycles. The highest BCUT2D eigenvalue weighted by Crippen LogP contribution is 2.39. The average Bonchev–Trinajstić information content (AvgIpc) is 2.37. The van der Waals surface area contributed by atoms with E-state index in [-0.39, 0.29) is 17.0 Å². The summed E-state index contributed by atoms with van der Waals surface area (Å²) < 4.78 is 10.9. The Balaban J connectivity index is 3.70. The van der Waals surface area contributed by atoms with Crippen molar-refractivity contribution in [3.8, 4) is 11.5 Å². The molecule has 0 aromatic heterocycles. The minimum Gasteiger partial charge on any atom is -0.427 e. The summed E-state index contributed by atoms with van der Waals surface area (Å²) in [6, 6.07) is 3.46. The van der Waals surface area contributed by atoms with Crippen molar-refractivity contribution in [2.24, 2.45) is 0 Å². The highest BCUT2D eigenvalue weighted by atomic mass is 28.3. The van der Waals surface area contributed by atoms with E-state index < -0.39 is 8.07 Å². The van der Waals surface area contributed by atoms with Crippen molar-refractivity contribution in [1.82, 2.24) is 0 Å². The van der Waals surface area contributed by atoms with Gasteiger partial charge < -0.3 is 9.47 Å². The van der Waals surface area contributed by atoms with Crippen molar-refractivity contribution in [2.75, 3.05) is 0 Å². The summed E-state index contributed by atoms with van der Waals surface area (Å²) in [6.45, 7) is 15.9. The van der Waals surface area contributed by atoms with E-state index in [9.17, 15) is 9.59 Å². The lowest BCUT2D eigenvalue weighted by molar-refractivity contribution is -0.133. The zero-order valence-electron chi connectivity index (χ0n) is 15.5. The Hall–Kier alpha value is -1.62. The number of hydrogen-bond donors (Lipinski definition) is 0. The van der Waals surface area contributed by atoms with E-state index in [1.54, 1.807) is 12.1 Å². The van der Waals surface area contributed by atoms with Crippen molar-refractivity contribution in [2.45, 2.75) is 66.1 Å². The third kappa shape index (κ3) is 4.22. The highest BCUT2D eigenvalue weighted by Gasteiger charge is 2.41. The molecule has 4 nitrogen and oxygen atoms in total. The van der Waals surface area contributed by atoms with Crippen LogP contribution in [-0.2, 0) is 16.0 Å². The Bertz CT molecular complexity index is 612. The van der Waals surface area contributed by atoms with Gasteiger partial charge in [-0.3, -0.25) is 9.59 Å². The third-order valence-electron chi connectivity index (χ3n) is 4.59. The Kier molecular flexibility index (Phi) is 5.80. The molecule has 1 aromatic carbocycles. The molecule has 1 rings (SSSR count). The molecule has 0 radical (unpaired) electrons. The van der Waals surface area contributed by atoms with E-state index in [1.807, 2.05) is 6.92 Å². The van der Waals surface area contributed by atoms with Gasteiger partial charge in [0.05, 0.1) is 8.07 Å². The molecule has 0 spiro atoms. The Labute approximate surface area is 140 Å². The lowest BCUT2D eigenvalue weighted by atomic mass is 10.1. The maximum atomic E-state index is 11.5. The van der Waals surface area contributed by atoms with Crippen LogP contribution in [0, 0.1) is 0 Å². The van der Waals surface area contributed by atoms with E-state index >= 15 is 0 Å². The summed E-state index contributed by atoms with van der Waals surface area (Å²) in [5, 5.41) is 1.11. The molecule has 0 bridgehead atoms. The first-order chi connectivity index (χ1) is 10.4. The molecule has 0 amide bonds. The first kappa shape index (κ1) is 19.4. The van der Waals surface area contributed by atoms with Gasteiger partial charge >= 0.3 is 11.9 Å². The number of carbonyl (C=O) groups is 2. The number of rotatable bonds is 4. The molecule has 5 heteroatoms. The van der Waals surface area contributed by atoms with Crippen LogP contribution in [0.3, 0.4) is 0 Å². The van der Waals surface area contributed by atoms with Crippen molar-refractivity contribution in [3.63, 3.8) is 0 Å². The Morgan fingerprint density at radius 3 is 1.83 bits per heavy atom. The number of hydrogen-bond acceptors (Lipinski definition) is 4. The van der Waals surface area contributed by atoms with Crippen LogP contribution in [0.4, 0.5) is 0 Å². The van der Waals surface area contributed by atoms with Crippen LogP contribution < -0.4 is 14.7 Å². The lowest BCUT2D eigenvalue weighted by Crippen LogP contribution is -2.51. The van der Waals surface area contributed by atoms with Gasteiger partial charge in [0.25, 0.3) is 0 Å². The molecule has 0 saturated heterocycles. The van der Waals surface area contributed by atoms with Crippen LogP contribution in [0.25, 0.3) is 0 Å². The fourth-order valence-electron chi connectivity index (χ4n) is 2.51. The number of ether oxygens (including phenoxy) is 2. The van der Waals surface area contributed by atoms with Crippen LogP contribution in [0.2, 0.25) is 18.1 Å². The third-order valence-corrected chi connectivity index (χ3v) is 10.1. The summed E-state index contributed by atoms with van der Waals surface area (Å²) in [6.07, 6.45) is 0.708. The molecular weight excluding hydrogens is 308 g/mol. The molecule has 1 aromatic rings. The standard InChI is InChI=1S/C18H28O4Si/c1-9-14-15(21-12(2)19)10-11-16(22-13(3)20)17(14)23(7,8)18(4,5)6/h10-11H,9H2,1-8H3. The summed E-state index contributed by atoms with van der Waals surface area (Å²) in [5.41, 5.74) is 0.963. The van der Waals surface area contributed by atoms with Crippen LogP contribution in [0.15, 0.2) is 12.1 Å². The molecule has 0 unspecified atom stereocenters. The zero-order valence-corrected chi connectivity index (χ0v) is 16.5. The van der Waals surface area contributed by atoms with Gasteiger partial charge in [0.2, 0.25) is 0 Å². The highest BCUT2D eigenvalue weighted by molar-refractivity contribution is 6.93. The molecule has 0 heterocycles. The Morgan fingerprint density at radius 2 is 1.43 bits per heavy atom. The second-order valence-corrected chi connectivity index (χ2v) is 12.6. The lowest BCUT2D eigenvalue weighted by Gasteiger charge is -2.39. The van der Waals surface area contributed by atoms with Gasteiger partial charge in [-0.2, -0.15) is 0 Å². The second kappa shape index (κ2) is 6.87. The molecule has 128 valence electrons. The van der Waals surface area contributed by atoms with Gasteiger partial charge in [-0.25, -0.2) is 0 Å². The zero-order chi connectivity index (χ0) is 18.0. The molecule has 0 aliphatic rings. The number of benzene rings is 1. The summed E-state index contributed by atoms with van der Waals surface area (Å²) in [5.74, 6) is 0.473. The molecule has 0 fully saturated rings. The van der Waals surface area contributed by atoms with E-state index in [4.69, 9.17) is 9.47 Å². The van der Waals surface area contributed by atoms with Gasteiger partial charge in [0.15, 0.2) is 0 Å². The summed E-state index contributed by atoms with van der Waals surface area (Å²) in [4.78, 5) is 22.9. The predicted molar refractivity (Wildman–Crippen MR) is 95.3 cm³/mol. The predicted octanol–water partition coefficient (Wildman–Crippen LogP) is 3.82. The monoisotopic (exact) mass is 336 g/mol. The smallest absolute Gasteiger partial charge is 0.308 e.